The maximum absolute atomic E-state index is 10.8. The summed E-state index contributed by atoms with van der Waals surface area (Å²) in [6.45, 7) is 0. The van der Waals surface area contributed by atoms with Gasteiger partial charge in [-0.05, 0) is 12.1 Å². The van der Waals surface area contributed by atoms with Crippen LogP contribution in [0.4, 0.5) is 5.69 Å². The van der Waals surface area contributed by atoms with Gasteiger partial charge >= 0.3 is 39.9 Å². The maximum atomic E-state index is 10.8. The van der Waals surface area contributed by atoms with E-state index in [1.807, 2.05) is 10.9 Å². The Morgan fingerprint density at radius 3 is 2.36 bits per heavy atom. The molecule has 0 aliphatic rings. The molecule has 0 atom stereocenters. The van der Waals surface area contributed by atoms with Gasteiger partial charge in [-0.25, -0.2) is 0 Å². The summed E-state index contributed by atoms with van der Waals surface area (Å²) in [6.07, 6.45) is 0. The van der Waals surface area contributed by atoms with E-state index in [4.69, 9.17) is 0 Å². The van der Waals surface area contributed by atoms with E-state index in [1.165, 1.54) is 0 Å². The molecule has 0 saturated carbocycles. The van der Waals surface area contributed by atoms with Crippen LogP contribution in [0.15, 0.2) is 30.3 Å². The molecule has 1 rings (SSSR count). The van der Waals surface area contributed by atoms with E-state index < -0.39 is 10.3 Å². The molecule has 1 aromatic carbocycles. The molecule has 14 heavy (non-hydrogen) atoms. The summed E-state index contributed by atoms with van der Waals surface area (Å²) in [6, 6.07) is 8.83. The van der Waals surface area contributed by atoms with E-state index >= 15 is 0 Å². The molecule has 7 heteroatoms. The second-order valence-electron chi connectivity index (χ2n) is 2.21. The second kappa shape index (κ2) is 6.39. The average Bonchev–Trinajstić information content (AvgIpc) is 2.17. The van der Waals surface area contributed by atoms with E-state index in [0.29, 0.717) is 5.69 Å². The van der Waals surface area contributed by atoms with Crippen molar-refractivity contribution in [2.24, 2.45) is 0 Å². The number of hydrogen-bond acceptors (Lipinski definition) is 4. The third-order valence-corrected chi connectivity index (χ3v) is 2.10. The van der Waals surface area contributed by atoms with Gasteiger partial charge in [-0.3, -0.25) is 4.18 Å². The zero-order valence-corrected chi connectivity index (χ0v) is 10.8. The maximum Gasteiger partial charge on any atom is 1.00 e. The van der Waals surface area contributed by atoms with Crippen molar-refractivity contribution in [3.05, 3.63) is 30.3 Å². The summed E-state index contributed by atoms with van der Waals surface area (Å²) in [5.74, 6) is 0. The first-order chi connectivity index (χ1) is 6.14. The number of nitrogens with one attached hydrogen (secondary N) is 2. The van der Waals surface area contributed by atoms with Gasteiger partial charge in [0.15, 0.2) is 0 Å². The van der Waals surface area contributed by atoms with Gasteiger partial charge in [-0.1, -0.05) is 18.2 Å². The van der Waals surface area contributed by atoms with Gasteiger partial charge in [0.2, 0.25) is 0 Å². The fourth-order valence-corrected chi connectivity index (χ4v) is 1.01. The molecular weight excluding hydrogens is 215 g/mol. The first-order valence-electron chi connectivity index (χ1n) is 3.52. The van der Waals surface area contributed by atoms with Gasteiger partial charge in [-0.15, -0.1) is 4.83 Å². The molecule has 0 amide bonds. The molecule has 0 spiro atoms. The quantitative estimate of drug-likeness (QED) is 0.444. The van der Waals surface area contributed by atoms with Crippen molar-refractivity contribution in [2.75, 3.05) is 12.5 Å². The van der Waals surface area contributed by atoms with Gasteiger partial charge in [0.05, 0.1) is 7.11 Å². The standard InChI is InChI=1S/C7H10N2O3S.Na.H/c1-12-13(10,11)9-8-7-5-3-2-4-6-7;;/h2-6,8-9H,1H3;;/q;+1;-1. The molecule has 0 bridgehead atoms. The van der Waals surface area contributed by atoms with E-state index in [9.17, 15) is 8.42 Å². The Morgan fingerprint density at radius 2 is 1.86 bits per heavy atom. The molecule has 0 saturated heterocycles. The summed E-state index contributed by atoms with van der Waals surface area (Å²) in [4.78, 5) is 2.02. The molecule has 1 aromatic rings. The molecule has 0 aromatic heterocycles. The second-order valence-corrected chi connectivity index (χ2v) is 3.66. The fourth-order valence-electron chi connectivity index (χ4n) is 0.685. The summed E-state index contributed by atoms with van der Waals surface area (Å²) < 4.78 is 25.7. The Kier molecular flexibility index (Phi) is 6.34. The van der Waals surface area contributed by atoms with Crippen LogP contribution in [0.3, 0.4) is 0 Å². The Balaban J connectivity index is 0. The largest absolute Gasteiger partial charge is 1.00 e. The van der Waals surface area contributed by atoms with E-state index in [2.05, 4.69) is 9.61 Å². The van der Waals surface area contributed by atoms with Gasteiger partial charge in [0.25, 0.3) is 0 Å². The topological polar surface area (TPSA) is 67.4 Å². The molecule has 0 radical (unpaired) electrons. The number of hydrazine groups is 1. The molecule has 0 aliphatic heterocycles. The molecule has 0 aliphatic carbocycles. The summed E-state index contributed by atoms with van der Waals surface area (Å²) in [5.41, 5.74) is 3.11. The third kappa shape index (κ3) is 4.94. The van der Waals surface area contributed by atoms with Crippen LogP contribution < -0.4 is 39.8 Å². The van der Waals surface area contributed by atoms with Crippen LogP contribution in [0.2, 0.25) is 0 Å². The minimum atomic E-state index is -3.68. The van der Waals surface area contributed by atoms with Crippen molar-refractivity contribution >= 4 is 16.0 Å². The predicted molar refractivity (Wildman–Crippen MR) is 50.2 cm³/mol. The van der Waals surface area contributed by atoms with Crippen LogP contribution in [0.25, 0.3) is 0 Å². The van der Waals surface area contributed by atoms with Gasteiger partial charge in [-0.2, -0.15) is 8.42 Å². The number of para-hydroxylation sites is 1. The van der Waals surface area contributed by atoms with E-state index in [1.54, 1.807) is 24.3 Å². The van der Waals surface area contributed by atoms with Crippen LogP contribution in [-0.4, -0.2) is 15.5 Å². The molecule has 2 N–H and O–H groups in total. The molecule has 0 heterocycles. The third-order valence-electron chi connectivity index (χ3n) is 1.31. The Morgan fingerprint density at radius 1 is 1.29 bits per heavy atom. The summed E-state index contributed by atoms with van der Waals surface area (Å²) in [5, 5.41) is 0. The zero-order valence-electron chi connectivity index (χ0n) is 9.02. The van der Waals surface area contributed by atoms with Crippen LogP contribution in [-0.2, 0) is 14.5 Å². The first kappa shape index (κ1) is 13.9. The van der Waals surface area contributed by atoms with Crippen LogP contribution >= 0.6 is 0 Å². The van der Waals surface area contributed by atoms with Crippen molar-refractivity contribution in [2.45, 2.75) is 0 Å². The van der Waals surface area contributed by atoms with Gasteiger partial charge in [0.1, 0.15) is 0 Å². The molecular formula is C7H11N2NaO3S. The summed E-state index contributed by atoms with van der Waals surface area (Å²) >= 11 is 0. The van der Waals surface area contributed by atoms with E-state index in [-0.39, 0.29) is 31.0 Å². The van der Waals surface area contributed by atoms with Crippen molar-refractivity contribution in [1.29, 1.82) is 0 Å². The molecule has 0 unspecified atom stereocenters. The molecule has 0 fully saturated rings. The van der Waals surface area contributed by atoms with Crippen LogP contribution in [0, 0.1) is 0 Å². The molecule has 74 valence electrons. The van der Waals surface area contributed by atoms with E-state index in [0.717, 1.165) is 7.11 Å². The minimum Gasteiger partial charge on any atom is -1.00 e. The normalized spacial score (nSPS) is 10.4. The van der Waals surface area contributed by atoms with Crippen molar-refractivity contribution < 1.29 is 43.6 Å². The number of benzene rings is 1. The van der Waals surface area contributed by atoms with Crippen molar-refractivity contribution in [3.63, 3.8) is 0 Å². The number of rotatable bonds is 4. The SMILES string of the molecule is COS(=O)(=O)NNc1ccccc1.[H-].[Na+]. The monoisotopic (exact) mass is 226 g/mol. The summed E-state index contributed by atoms with van der Waals surface area (Å²) in [7, 11) is -2.60. The van der Waals surface area contributed by atoms with Gasteiger partial charge < -0.3 is 6.85 Å². The van der Waals surface area contributed by atoms with Crippen LogP contribution in [0.5, 0.6) is 0 Å². The van der Waals surface area contributed by atoms with Crippen LogP contribution in [0.1, 0.15) is 1.43 Å². The average molecular weight is 226 g/mol. The predicted octanol–water partition coefficient (Wildman–Crippen LogP) is -2.39. The van der Waals surface area contributed by atoms with Crippen molar-refractivity contribution in [1.82, 2.24) is 4.83 Å². The Labute approximate surface area is 107 Å². The smallest absolute Gasteiger partial charge is 1.00 e. The fraction of sp³-hybridized carbons (Fsp3) is 0.143. The number of anilines is 1. The first-order valence-corrected chi connectivity index (χ1v) is 4.93. The minimum absolute atomic E-state index is 0. The Bertz CT molecular complexity index is 360. The van der Waals surface area contributed by atoms with Gasteiger partial charge in [0, 0.05) is 5.69 Å². The zero-order chi connectivity index (χ0) is 9.73. The van der Waals surface area contributed by atoms with Crippen molar-refractivity contribution in [3.8, 4) is 0 Å². The number of hydrogen-bond donors (Lipinski definition) is 2. The Hall–Kier alpha value is -0.110. The molecule has 5 nitrogen and oxygen atoms in total.